The van der Waals surface area contributed by atoms with E-state index in [2.05, 4.69) is 26.0 Å². The third-order valence-corrected chi connectivity index (χ3v) is 5.31. The third kappa shape index (κ3) is 3.30. The Morgan fingerprint density at radius 3 is 2.79 bits per heavy atom. The maximum Gasteiger partial charge on any atom is 0.270 e. The lowest BCUT2D eigenvalue weighted by Crippen LogP contribution is -2.36. The van der Waals surface area contributed by atoms with Gasteiger partial charge in [-0.2, -0.15) is 0 Å². The molecule has 0 aromatic heterocycles. The number of nitrogens with zero attached hydrogens (tertiary/aromatic N) is 1. The average molecular weight is 350 g/mol. The fraction of sp³-hybridized carbons (Fsp3) is 0.400. The first kappa shape index (κ1) is 14.4. The molecule has 1 atom stereocenters. The molecule has 1 heterocycles. The van der Waals surface area contributed by atoms with Gasteiger partial charge >= 0.3 is 0 Å². The molecule has 9 heteroatoms. The van der Waals surface area contributed by atoms with Crippen LogP contribution >= 0.6 is 15.9 Å². The summed E-state index contributed by atoms with van der Waals surface area (Å²) in [6.45, 7) is 1.31. The zero-order valence-electron chi connectivity index (χ0n) is 9.80. The first-order chi connectivity index (χ1) is 8.90. The van der Waals surface area contributed by atoms with Gasteiger partial charge in [-0.3, -0.25) is 10.1 Å². The quantitative estimate of drug-likeness (QED) is 0.623. The number of nitrogens with one attached hydrogen (secondary N) is 2. The second-order valence-electron chi connectivity index (χ2n) is 4.18. The van der Waals surface area contributed by atoms with E-state index in [9.17, 15) is 18.5 Å². The number of hydrogen-bond donors (Lipinski definition) is 2. The zero-order chi connectivity index (χ0) is 14.0. The number of nitro groups is 1. The molecule has 0 spiro atoms. The van der Waals surface area contributed by atoms with Crippen molar-refractivity contribution in [3.63, 3.8) is 0 Å². The number of benzene rings is 1. The van der Waals surface area contributed by atoms with Gasteiger partial charge in [0.2, 0.25) is 10.0 Å². The summed E-state index contributed by atoms with van der Waals surface area (Å²) in [5.74, 6) is 0. The van der Waals surface area contributed by atoms with Gasteiger partial charge < -0.3 is 5.32 Å². The van der Waals surface area contributed by atoms with E-state index in [0.717, 1.165) is 12.6 Å². The van der Waals surface area contributed by atoms with Crippen molar-refractivity contribution in [3.05, 3.63) is 32.8 Å². The van der Waals surface area contributed by atoms with Crippen molar-refractivity contribution in [3.8, 4) is 0 Å². The van der Waals surface area contributed by atoms with Gasteiger partial charge in [0.25, 0.3) is 5.69 Å². The summed E-state index contributed by atoms with van der Waals surface area (Å²) in [5.41, 5.74) is -0.256. The highest BCUT2D eigenvalue weighted by Crippen LogP contribution is 2.26. The lowest BCUT2D eigenvalue weighted by atomic mass is 10.3. The van der Waals surface area contributed by atoms with Crippen molar-refractivity contribution in [1.29, 1.82) is 0 Å². The van der Waals surface area contributed by atoms with Gasteiger partial charge in [-0.25, -0.2) is 13.1 Å². The molecule has 1 aliphatic rings. The normalized spacial score (nSPS) is 19.5. The van der Waals surface area contributed by atoms with Crippen LogP contribution in [-0.2, 0) is 10.0 Å². The van der Waals surface area contributed by atoms with Crippen LogP contribution in [0.4, 0.5) is 5.69 Å². The third-order valence-electron chi connectivity index (χ3n) is 2.80. The second-order valence-corrected chi connectivity index (χ2v) is 6.72. The van der Waals surface area contributed by atoms with Crippen LogP contribution in [0.5, 0.6) is 0 Å². The van der Waals surface area contributed by atoms with Gasteiger partial charge in [0.15, 0.2) is 0 Å². The molecule has 0 unspecified atom stereocenters. The Hall–Kier alpha value is -1.03. The Morgan fingerprint density at radius 2 is 2.21 bits per heavy atom. The second kappa shape index (κ2) is 5.53. The van der Waals surface area contributed by atoms with E-state index in [1.807, 2.05) is 0 Å². The van der Waals surface area contributed by atoms with Crippen molar-refractivity contribution in [2.75, 3.05) is 13.1 Å². The van der Waals surface area contributed by atoms with Crippen LogP contribution in [0.3, 0.4) is 0 Å². The molecule has 1 saturated heterocycles. The summed E-state index contributed by atoms with van der Waals surface area (Å²) in [6.07, 6.45) is 0.700. The largest absolute Gasteiger partial charge is 0.315 e. The van der Waals surface area contributed by atoms with Gasteiger partial charge in [-0.05, 0) is 35.0 Å². The summed E-state index contributed by atoms with van der Waals surface area (Å²) in [6, 6.07) is 3.48. The smallest absolute Gasteiger partial charge is 0.270 e. The number of rotatable bonds is 4. The van der Waals surface area contributed by atoms with E-state index < -0.39 is 14.9 Å². The Labute approximate surface area is 118 Å². The molecule has 7 nitrogen and oxygen atoms in total. The molecule has 1 aromatic rings. The van der Waals surface area contributed by atoms with Crippen LogP contribution in [0.25, 0.3) is 0 Å². The van der Waals surface area contributed by atoms with Gasteiger partial charge in [0.05, 0.1) is 4.92 Å². The highest BCUT2D eigenvalue weighted by atomic mass is 79.9. The Morgan fingerprint density at radius 1 is 1.47 bits per heavy atom. The molecular weight excluding hydrogens is 338 g/mol. The molecule has 1 aliphatic heterocycles. The molecule has 0 bridgehead atoms. The summed E-state index contributed by atoms with van der Waals surface area (Å²) in [7, 11) is -3.77. The van der Waals surface area contributed by atoms with Gasteiger partial charge in [-0.1, -0.05) is 0 Å². The van der Waals surface area contributed by atoms with Crippen LogP contribution in [0.15, 0.2) is 27.6 Å². The van der Waals surface area contributed by atoms with E-state index in [4.69, 9.17) is 0 Å². The van der Waals surface area contributed by atoms with E-state index in [-0.39, 0.29) is 16.6 Å². The fourth-order valence-electron chi connectivity index (χ4n) is 1.85. The monoisotopic (exact) mass is 349 g/mol. The lowest BCUT2D eigenvalue weighted by molar-refractivity contribution is -0.385. The zero-order valence-corrected chi connectivity index (χ0v) is 12.2. The minimum Gasteiger partial charge on any atom is -0.315 e. The molecule has 1 fully saturated rings. The summed E-state index contributed by atoms with van der Waals surface area (Å²) >= 11 is 3.11. The Balaban J connectivity index is 2.33. The van der Waals surface area contributed by atoms with Crippen LogP contribution in [-0.4, -0.2) is 32.5 Å². The number of nitro benzene ring substituents is 1. The average Bonchev–Trinajstić information content (AvgIpc) is 2.81. The van der Waals surface area contributed by atoms with Crippen molar-refractivity contribution in [2.45, 2.75) is 17.4 Å². The maximum absolute atomic E-state index is 12.2. The standard InChI is InChI=1S/C10H12BrN3O4S/c11-9-2-1-8(14(15)16)5-10(9)19(17,18)13-7-3-4-12-6-7/h1-2,5,7,12-13H,3-4,6H2/t7-/m1/s1. The Kier molecular flexibility index (Phi) is 4.19. The van der Waals surface area contributed by atoms with Crippen molar-refractivity contribution in [2.24, 2.45) is 0 Å². The van der Waals surface area contributed by atoms with Gasteiger partial charge in [0, 0.05) is 29.2 Å². The van der Waals surface area contributed by atoms with Gasteiger partial charge in [-0.15, -0.1) is 0 Å². The molecule has 19 heavy (non-hydrogen) atoms. The molecule has 0 amide bonds. The highest BCUT2D eigenvalue weighted by molar-refractivity contribution is 9.10. The molecule has 2 rings (SSSR count). The molecule has 0 saturated carbocycles. The van der Waals surface area contributed by atoms with Crippen LogP contribution < -0.4 is 10.0 Å². The molecule has 0 radical (unpaired) electrons. The molecule has 2 N–H and O–H groups in total. The minimum absolute atomic E-state index is 0.117. The fourth-order valence-corrected chi connectivity index (χ4v) is 4.10. The molecule has 0 aliphatic carbocycles. The van der Waals surface area contributed by atoms with Crippen molar-refractivity contribution >= 4 is 31.6 Å². The van der Waals surface area contributed by atoms with Crippen molar-refractivity contribution in [1.82, 2.24) is 10.0 Å². The van der Waals surface area contributed by atoms with Crippen molar-refractivity contribution < 1.29 is 13.3 Å². The van der Waals surface area contributed by atoms with Crippen LogP contribution in [0.2, 0.25) is 0 Å². The first-order valence-corrected chi connectivity index (χ1v) is 7.85. The van der Waals surface area contributed by atoms with E-state index >= 15 is 0 Å². The molecule has 1 aromatic carbocycles. The van der Waals surface area contributed by atoms with Crippen LogP contribution in [0, 0.1) is 10.1 Å². The first-order valence-electron chi connectivity index (χ1n) is 5.57. The lowest BCUT2D eigenvalue weighted by Gasteiger charge is -2.12. The van der Waals surface area contributed by atoms with E-state index in [1.54, 1.807) is 0 Å². The topological polar surface area (TPSA) is 101 Å². The van der Waals surface area contributed by atoms with E-state index in [0.29, 0.717) is 17.4 Å². The van der Waals surface area contributed by atoms with Gasteiger partial charge in [0.1, 0.15) is 4.90 Å². The number of halogens is 1. The predicted molar refractivity (Wildman–Crippen MR) is 72.4 cm³/mol. The molecular formula is C10H12BrN3O4S. The number of sulfonamides is 1. The molecule has 104 valence electrons. The summed E-state index contributed by atoms with van der Waals surface area (Å²) in [4.78, 5) is 9.96. The maximum atomic E-state index is 12.2. The Bertz CT molecular complexity index is 599. The SMILES string of the molecule is O=[N+]([O-])c1ccc(Br)c(S(=O)(=O)N[C@@H]2CCNC2)c1. The summed E-state index contributed by atoms with van der Waals surface area (Å²) < 4.78 is 27.2. The number of hydrogen-bond acceptors (Lipinski definition) is 5. The minimum atomic E-state index is -3.77. The highest BCUT2D eigenvalue weighted by Gasteiger charge is 2.26. The number of non-ortho nitro benzene ring substituents is 1. The van der Waals surface area contributed by atoms with E-state index in [1.165, 1.54) is 12.1 Å². The predicted octanol–water partition coefficient (Wildman–Crippen LogP) is 0.998. The van der Waals surface area contributed by atoms with Crippen LogP contribution in [0.1, 0.15) is 6.42 Å². The summed E-state index contributed by atoms with van der Waals surface area (Å²) in [5, 5.41) is 13.7.